The number of thiazole rings is 1. The average molecular weight is 366 g/mol. The van der Waals surface area contributed by atoms with Gasteiger partial charge in [-0.3, -0.25) is 9.38 Å². The smallest absolute Gasteiger partial charge is 0.231 e. The highest BCUT2D eigenvalue weighted by Crippen LogP contribution is 2.35. The van der Waals surface area contributed by atoms with E-state index in [0.717, 1.165) is 32.7 Å². The molecule has 1 aliphatic rings. The molecular weight excluding hydrogens is 352 g/mol. The highest BCUT2D eigenvalue weighted by Gasteiger charge is 2.15. The van der Waals surface area contributed by atoms with Crippen LogP contribution in [0.5, 0.6) is 17.2 Å². The molecule has 4 aromatic rings. The first-order valence-corrected chi connectivity index (χ1v) is 8.87. The highest BCUT2D eigenvalue weighted by molar-refractivity contribution is 7.20. The summed E-state index contributed by atoms with van der Waals surface area (Å²) >= 11 is 1.57. The summed E-state index contributed by atoms with van der Waals surface area (Å²) in [7, 11) is 0. The minimum absolute atomic E-state index is 0.245. The molecule has 26 heavy (non-hydrogen) atoms. The molecule has 0 aliphatic carbocycles. The molecule has 0 spiro atoms. The summed E-state index contributed by atoms with van der Waals surface area (Å²) in [5, 5.41) is 8.46. The zero-order valence-corrected chi connectivity index (χ0v) is 14.7. The van der Waals surface area contributed by atoms with Gasteiger partial charge in [-0.2, -0.15) is 0 Å². The zero-order valence-electron chi connectivity index (χ0n) is 13.9. The Hall–Kier alpha value is -3.13. The van der Waals surface area contributed by atoms with Crippen molar-refractivity contribution in [2.24, 2.45) is 0 Å². The van der Waals surface area contributed by atoms with Crippen molar-refractivity contribution in [2.45, 2.75) is 13.5 Å². The third-order valence-electron chi connectivity index (χ3n) is 4.09. The number of fused-ring (bicyclic) bond motifs is 2. The highest BCUT2D eigenvalue weighted by atomic mass is 32.1. The number of aromatic nitrogens is 4. The van der Waals surface area contributed by atoms with Crippen molar-refractivity contribution in [2.75, 3.05) is 6.79 Å². The van der Waals surface area contributed by atoms with Crippen molar-refractivity contribution in [3.05, 3.63) is 54.2 Å². The Balaban J connectivity index is 1.38. The Labute approximate surface area is 152 Å². The lowest BCUT2D eigenvalue weighted by atomic mass is 10.2. The Morgan fingerprint density at radius 1 is 1.15 bits per heavy atom. The molecule has 7 nitrogen and oxygen atoms in total. The van der Waals surface area contributed by atoms with Gasteiger partial charge < -0.3 is 14.2 Å². The van der Waals surface area contributed by atoms with E-state index in [1.165, 1.54) is 0 Å². The van der Waals surface area contributed by atoms with Crippen LogP contribution in [0.25, 0.3) is 15.4 Å². The lowest BCUT2D eigenvalue weighted by Gasteiger charge is -2.05. The lowest BCUT2D eigenvalue weighted by molar-refractivity contribution is 0.173. The first-order valence-electron chi connectivity index (χ1n) is 8.05. The van der Waals surface area contributed by atoms with Gasteiger partial charge in [-0.05, 0) is 25.1 Å². The van der Waals surface area contributed by atoms with Gasteiger partial charge in [0.2, 0.25) is 11.8 Å². The van der Waals surface area contributed by atoms with E-state index < -0.39 is 0 Å². The predicted octanol–water partition coefficient (Wildman–Crippen LogP) is 3.47. The second kappa shape index (κ2) is 5.99. The fraction of sp³-hybridized carbons (Fsp3) is 0.167. The molecule has 1 aliphatic heterocycles. The van der Waals surface area contributed by atoms with Crippen molar-refractivity contribution < 1.29 is 14.2 Å². The summed E-state index contributed by atoms with van der Waals surface area (Å²) < 4.78 is 18.5. The van der Waals surface area contributed by atoms with E-state index in [1.54, 1.807) is 11.3 Å². The molecule has 1 aromatic carbocycles. The number of rotatable bonds is 4. The van der Waals surface area contributed by atoms with Gasteiger partial charge in [0.1, 0.15) is 12.4 Å². The maximum atomic E-state index is 5.85. The predicted molar refractivity (Wildman–Crippen MR) is 95.7 cm³/mol. The van der Waals surface area contributed by atoms with Crippen LogP contribution >= 0.6 is 11.3 Å². The number of benzene rings is 1. The molecular formula is C18H14N4O3S. The average Bonchev–Trinajstić information content (AvgIpc) is 3.36. The third kappa shape index (κ3) is 2.64. The van der Waals surface area contributed by atoms with Crippen LogP contribution in [-0.4, -0.2) is 26.4 Å². The van der Waals surface area contributed by atoms with Crippen LogP contribution in [0.15, 0.2) is 42.7 Å². The first kappa shape index (κ1) is 15.2. The Bertz CT molecular complexity index is 1090. The lowest BCUT2D eigenvalue weighted by Crippen LogP contribution is -2.00. The van der Waals surface area contributed by atoms with E-state index in [9.17, 15) is 0 Å². The maximum Gasteiger partial charge on any atom is 0.231 e. The minimum atomic E-state index is 0.245. The van der Waals surface area contributed by atoms with Crippen LogP contribution in [0.1, 0.15) is 11.5 Å². The summed E-state index contributed by atoms with van der Waals surface area (Å²) in [5.74, 6) is 2.86. The molecule has 130 valence electrons. The molecule has 3 aromatic heterocycles. The molecule has 0 bridgehead atoms. The summed E-state index contributed by atoms with van der Waals surface area (Å²) in [5.41, 5.74) is 2.06. The molecule has 4 heterocycles. The van der Waals surface area contributed by atoms with E-state index in [-0.39, 0.29) is 6.79 Å². The number of hydrogen-bond acceptors (Lipinski definition) is 7. The van der Waals surface area contributed by atoms with Crippen LogP contribution < -0.4 is 14.2 Å². The topological polar surface area (TPSA) is 70.8 Å². The summed E-state index contributed by atoms with van der Waals surface area (Å²) in [4.78, 5) is 6.27. The summed E-state index contributed by atoms with van der Waals surface area (Å²) in [6, 6.07) is 9.56. The molecule has 8 heteroatoms. The SMILES string of the molecule is Cc1ccc(-c2cn3c(COc4ccc5c(c4)OCO5)nnc3s2)cn1. The normalized spacial score (nSPS) is 12.7. The van der Waals surface area contributed by atoms with E-state index >= 15 is 0 Å². The van der Waals surface area contributed by atoms with E-state index in [4.69, 9.17) is 14.2 Å². The summed E-state index contributed by atoms with van der Waals surface area (Å²) in [6.07, 6.45) is 3.89. The van der Waals surface area contributed by atoms with Crippen LogP contribution in [0.2, 0.25) is 0 Å². The van der Waals surface area contributed by atoms with Crippen LogP contribution in [-0.2, 0) is 6.61 Å². The standard InChI is InChI=1S/C18H14N4O3S/c1-11-2-3-12(7-19-11)16-8-22-17(20-21-18(22)26-16)9-23-13-4-5-14-15(6-13)25-10-24-14/h2-8H,9-10H2,1H3. The molecule has 5 rings (SSSR count). The van der Waals surface area contributed by atoms with Crippen LogP contribution in [0.4, 0.5) is 0 Å². The fourth-order valence-electron chi connectivity index (χ4n) is 2.71. The van der Waals surface area contributed by atoms with Crippen molar-refractivity contribution in [3.8, 4) is 27.7 Å². The number of ether oxygens (including phenoxy) is 3. The molecule has 0 fully saturated rings. The molecule has 0 saturated carbocycles. The monoisotopic (exact) mass is 366 g/mol. The molecule has 0 N–H and O–H groups in total. The first-order chi connectivity index (χ1) is 12.8. The van der Waals surface area contributed by atoms with Crippen molar-refractivity contribution in [1.29, 1.82) is 0 Å². The Kier molecular flexibility index (Phi) is 3.49. The van der Waals surface area contributed by atoms with Crippen molar-refractivity contribution in [3.63, 3.8) is 0 Å². The molecule has 0 saturated heterocycles. The van der Waals surface area contributed by atoms with Crippen LogP contribution in [0, 0.1) is 6.92 Å². The van der Waals surface area contributed by atoms with Gasteiger partial charge in [-0.15, -0.1) is 10.2 Å². The number of aryl methyl sites for hydroxylation is 1. The Morgan fingerprint density at radius 2 is 2.08 bits per heavy atom. The van der Waals surface area contributed by atoms with Gasteiger partial charge in [-0.1, -0.05) is 17.4 Å². The largest absolute Gasteiger partial charge is 0.485 e. The maximum absolute atomic E-state index is 5.85. The molecule has 0 unspecified atom stereocenters. The fourth-order valence-corrected chi connectivity index (χ4v) is 3.64. The van der Waals surface area contributed by atoms with E-state index in [2.05, 4.69) is 21.2 Å². The second-order valence-electron chi connectivity index (χ2n) is 5.86. The van der Waals surface area contributed by atoms with E-state index in [0.29, 0.717) is 18.1 Å². The van der Waals surface area contributed by atoms with Crippen molar-refractivity contribution in [1.82, 2.24) is 19.6 Å². The van der Waals surface area contributed by atoms with Gasteiger partial charge in [0.25, 0.3) is 0 Å². The van der Waals surface area contributed by atoms with Crippen molar-refractivity contribution >= 4 is 16.3 Å². The number of pyridine rings is 1. The van der Waals surface area contributed by atoms with Gasteiger partial charge in [-0.25, -0.2) is 0 Å². The summed E-state index contributed by atoms with van der Waals surface area (Å²) in [6.45, 7) is 2.53. The van der Waals surface area contributed by atoms with Gasteiger partial charge >= 0.3 is 0 Å². The third-order valence-corrected chi connectivity index (χ3v) is 5.11. The van der Waals surface area contributed by atoms with Gasteiger partial charge in [0.05, 0.1) is 4.88 Å². The molecule has 0 radical (unpaired) electrons. The van der Waals surface area contributed by atoms with Crippen LogP contribution in [0.3, 0.4) is 0 Å². The minimum Gasteiger partial charge on any atom is -0.485 e. The van der Waals surface area contributed by atoms with Gasteiger partial charge in [0, 0.05) is 29.7 Å². The molecule has 0 atom stereocenters. The van der Waals surface area contributed by atoms with Gasteiger partial charge in [0.15, 0.2) is 17.3 Å². The van der Waals surface area contributed by atoms with E-state index in [1.807, 2.05) is 48.0 Å². The quantitative estimate of drug-likeness (QED) is 0.551. The Morgan fingerprint density at radius 3 is 2.96 bits per heavy atom. The number of nitrogens with zero attached hydrogens (tertiary/aromatic N) is 4. The zero-order chi connectivity index (χ0) is 17.5. The number of hydrogen-bond donors (Lipinski definition) is 0. The second-order valence-corrected chi connectivity index (χ2v) is 6.87. The molecule has 0 amide bonds.